The van der Waals surface area contributed by atoms with E-state index in [-0.39, 0.29) is 6.10 Å². The maximum atomic E-state index is 9.94. The van der Waals surface area contributed by atoms with Crippen LogP contribution in [0.5, 0.6) is 0 Å². The molecule has 2 atom stereocenters. The predicted molar refractivity (Wildman–Crippen MR) is 77.4 cm³/mol. The number of hydrogen-bond donors (Lipinski definition) is 2. The van der Waals surface area contributed by atoms with Crippen molar-refractivity contribution in [1.29, 1.82) is 0 Å². The Morgan fingerprint density at radius 3 is 3.10 bits per heavy atom. The van der Waals surface area contributed by atoms with Crippen molar-refractivity contribution < 1.29 is 5.11 Å². The van der Waals surface area contributed by atoms with Gasteiger partial charge in [-0.3, -0.25) is 0 Å². The molecule has 0 amide bonds. The van der Waals surface area contributed by atoms with Crippen LogP contribution in [0, 0.1) is 12.8 Å². The van der Waals surface area contributed by atoms with Gasteiger partial charge in [-0.1, -0.05) is 12.8 Å². The van der Waals surface area contributed by atoms with Gasteiger partial charge in [0.15, 0.2) is 5.65 Å². The Kier molecular flexibility index (Phi) is 3.98. The molecule has 2 unspecified atom stereocenters. The van der Waals surface area contributed by atoms with Crippen molar-refractivity contribution in [2.24, 2.45) is 5.92 Å². The molecule has 1 aliphatic rings. The van der Waals surface area contributed by atoms with E-state index in [1.54, 1.807) is 0 Å². The molecule has 3 rings (SSSR count). The number of aryl methyl sites for hydroxylation is 1. The third-order valence-corrected chi connectivity index (χ3v) is 4.09. The van der Waals surface area contributed by atoms with E-state index in [1.165, 1.54) is 6.42 Å². The Morgan fingerprint density at radius 2 is 2.25 bits per heavy atom. The third-order valence-electron chi connectivity index (χ3n) is 4.09. The Hall–Kier alpha value is -1.46. The van der Waals surface area contributed by atoms with E-state index in [1.807, 2.05) is 29.9 Å². The van der Waals surface area contributed by atoms with Crippen LogP contribution in [0.1, 0.15) is 36.9 Å². The molecular formula is C15H22N4O. The molecular weight excluding hydrogens is 252 g/mol. The Labute approximate surface area is 119 Å². The Morgan fingerprint density at radius 1 is 1.40 bits per heavy atom. The van der Waals surface area contributed by atoms with Crippen LogP contribution in [-0.2, 0) is 6.54 Å². The van der Waals surface area contributed by atoms with Crippen molar-refractivity contribution in [2.75, 3.05) is 6.54 Å². The molecule has 2 heterocycles. The Balaban J connectivity index is 1.56. The first-order chi connectivity index (χ1) is 9.72. The molecule has 0 saturated heterocycles. The zero-order valence-corrected chi connectivity index (χ0v) is 11.9. The summed E-state index contributed by atoms with van der Waals surface area (Å²) in [5, 5.41) is 17.7. The van der Waals surface area contributed by atoms with Crippen LogP contribution in [0.3, 0.4) is 0 Å². The molecule has 2 N–H and O–H groups in total. The molecule has 0 aliphatic heterocycles. The number of nitrogens with one attached hydrogen (secondary N) is 1. The van der Waals surface area contributed by atoms with Crippen molar-refractivity contribution in [1.82, 2.24) is 19.9 Å². The molecule has 5 heteroatoms. The summed E-state index contributed by atoms with van der Waals surface area (Å²) in [5.41, 5.74) is 2.98. The fourth-order valence-electron chi connectivity index (χ4n) is 2.95. The van der Waals surface area contributed by atoms with Crippen LogP contribution in [-0.4, -0.2) is 32.4 Å². The van der Waals surface area contributed by atoms with Crippen LogP contribution in [0.2, 0.25) is 0 Å². The summed E-state index contributed by atoms with van der Waals surface area (Å²) in [5.74, 6) is 0.396. The molecule has 2 aromatic rings. The van der Waals surface area contributed by atoms with E-state index in [4.69, 9.17) is 0 Å². The molecule has 20 heavy (non-hydrogen) atoms. The first-order valence-corrected chi connectivity index (χ1v) is 7.42. The second kappa shape index (κ2) is 5.89. The highest BCUT2D eigenvalue weighted by Gasteiger charge is 2.22. The van der Waals surface area contributed by atoms with Crippen molar-refractivity contribution in [3.8, 4) is 0 Å². The number of nitrogens with zero attached hydrogens (tertiary/aromatic N) is 3. The third kappa shape index (κ3) is 2.99. The molecule has 1 fully saturated rings. The SMILES string of the molecule is Cc1cc2ncc(CNCC3CCCCC3O)cn2n1. The van der Waals surface area contributed by atoms with E-state index in [0.29, 0.717) is 5.92 Å². The van der Waals surface area contributed by atoms with Crippen molar-refractivity contribution in [3.05, 3.63) is 29.7 Å². The van der Waals surface area contributed by atoms with Gasteiger partial charge in [0.2, 0.25) is 0 Å². The summed E-state index contributed by atoms with van der Waals surface area (Å²) < 4.78 is 1.82. The zero-order valence-electron chi connectivity index (χ0n) is 11.9. The van der Waals surface area contributed by atoms with Crippen LogP contribution in [0.25, 0.3) is 5.65 Å². The van der Waals surface area contributed by atoms with Crippen molar-refractivity contribution >= 4 is 5.65 Å². The van der Waals surface area contributed by atoms with Crippen LogP contribution in [0.4, 0.5) is 0 Å². The summed E-state index contributed by atoms with van der Waals surface area (Å²) in [7, 11) is 0. The second-order valence-electron chi connectivity index (χ2n) is 5.79. The maximum Gasteiger partial charge on any atom is 0.155 e. The van der Waals surface area contributed by atoms with E-state index in [2.05, 4.69) is 15.4 Å². The molecule has 1 aliphatic carbocycles. The lowest BCUT2D eigenvalue weighted by molar-refractivity contribution is 0.0695. The largest absolute Gasteiger partial charge is 0.393 e. The highest BCUT2D eigenvalue weighted by Crippen LogP contribution is 2.23. The molecule has 0 spiro atoms. The highest BCUT2D eigenvalue weighted by atomic mass is 16.3. The average molecular weight is 274 g/mol. The van der Waals surface area contributed by atoms with E-state index in [9.17, 15) is 5.11 Å². The minimum atomic E-state index is -0.134. The first-order valence-electron chi connectivity index (χ1n) is 7.42. The number of fused-ring (bicyclic) bond motifs is 1. The van der Waals surface area contributed by atoms with Gasteiger partial charge in [0.05, 0.1) is 11.8 Å². The average Bonchev–Trinajstić information content (AvgIpc) is 2.80. The van der Waals surface area contributed by atoms with Gasteiger partial charge < -0.3 is 10.4 Å². The number of aromatic nitrogens is 3. The number of aliphatic hydroxyl groups is 1. The fourth-order valence-corrected chi connectivity index (χ4v) is 2.95. The highest BCUT2D eigenvalue weighted by molar-refractivity contribution is 5.38. The number of hydrogen-bond acceptors (Lipinski definition) is 4. The molecule has 5 nitrogen and oxygen atoms in total. The minimum Gasteiger partial charge on any atom is -0.393 e. The summed E-state index contributed by atoms with van der Waals surface area (Å²) in [6.45, 7) is 3.61. The van der Waals surface area contributed by atoms with Gasteiger partial charge >= 0.3 is 0 Å². The van der Waals surface area contributed by atoms with Gasteiger partial charge in [0, 0.05) is 37.1 Å². The minimum absolute atomic E-state index is 0.134. The number of rotatable bonds is 4. The molecule has 0 radical (unpaired) electrons. The van der Waals surface area contributed by atoms with E-state index < -0.39 is 0 Å². The first kappa shape index (κ1) is 13.5. The number of aliphatic hydroxyl groups excluding tert-OH is 1. The summed E-state index contributed by atoms with van der Waals surface area (Å²) in [4.78, 5) is 4.39. The lowest BCUT2D eigenvalue weighted by atomic mass is 9.86. The monoisotopic (exact) mass is 274 g/mol. The molecule has 108 valence electrons. The zero-order chi connectivity index (χ0) is 13.9. The quantitative estimate of drug-likeness (QED) is 0.890. The normalized spacial score (nSPS) is 23.3. The van der Waals surface area contributed by atoms with Crippen LogP contribution in [0.15, 0.2) is 18.5 Å². The molecule has 0 aromatic carbocycles. The van der Waals surface area contributed by atoms with Crippen molar-refractivity contribution in [3.63, 3.8) is 0 Å². The lowest BCUT2D eigenvalue weighted by Crippen LogP contribution is -2.33. The van der Waals surface area contributed by atoms with Gasteiger partial charge in [-0.2, -0.15) is 5.10 Å². The lowest BCUT2D eigenvalue weighted by Gasteiger charge is -2.27. The molecule has 2 aromatic heterocycles. The summed E-state index contributed by atoms with van der Waals surface area (Å²) in [6.07, 6.45) is 8.25. The van der Waals surface area contributed by atoms with Gasteiger partial charge in [0.1, 0.15) is 0 Å². The van der Waals surface area contributed by atoms with E-state index in [0.717, 1.165) is 49.3 Å². The van der Waals surface area contributed by atoms with Gasteiger partial charge in [0.25, 0.3) is 0 Å². The van der Waals surface area contributed by atoms with Gasteiger partial charge in [-0.25, -0.2) is 9.50 Å². The standard InChI is InChI=1S/C15H22N4O/c1-11-6-15-17-8-12(10-19(15)18-11)7-16-9-13-4-2-3-5-14(13)20/h6,8,10,13-14,16,20H,2-5,7,9H2,1H3. The predicted octanol–water partition coefficient (Wildman–Crippen LogP) is 1.68. The van der Waals surface area contributed by atoms with E-state index >= 15 is 0 Å². The summed E-state index contributed by atoms with van der Waals surface area (Å²) in [6, 6.07) is 1.97. The molecule has 1 saturated carbocycles. The maximum absolute atomic E-state index is 9.94. The molecule has 0 bridgehead atoms. The van der Waals surface area contributed by atoms with Crippen LogP contribution < -0.4 is 5.32 Å². The Bertz CT molecular complexity index is 580. The summed E-state index contributed by atoms with van der Waals surface area (Å²) >= 11 is 0. The van der Waals surface area contributed by atoms with Crippen LogP contribution >= 0.6 is 0 Å². The van der Waals surface area contributed by atoms with Gasteiger partial charge in [-0.05, 0) is 25.7 Å². The second-order valence-corrected chi connectivity index (χ2v) is 5.79. The topological polar surface area (TPSA) is 62.5 Å². The fraction of sp³-hybridized carbons (Fsp3) is 0.600. The van der Waals surface area contributed by atoms with Gasteiger partial charge in [-0.15, -0.1) is 0 Å². The smallest absolute Gasteiger partial charge is 0.155 e. The van der Waals surface area contributed by atoms with Crippen molar-refractivity contribution in [2.45, 2.75) is 45.3 Å².